The van der Waals surface area contributed by atoms with E-state index in [0.717, 1.165) is 11.3 Å². The minimum absolute atomic E-state index is 0.0692. The third kappa shape index (κ3) is 4.24. The van der Waals surface area contributed by atoms with Crippen LogP contribution in [0, 0.1) is 12.3 Å². The van der Waals surface area contributed by atoms with Gasteiger partial charge in [0.05, 0.1) is 5.69 Å². The number of hydrogen-bond acceptors (Lipinski definition) is 2. The summed E-state index contributed by atoms with van der Waals surface area (Å²) < 4.78 is 0. The summed E-state index contributed by atoms with van der Waals surface area (Å²) in [6.07, 6.45) is 2.82. The summed E-state index contributed by atoms with van der Waals surface area (Å²) in [7, 11) is 0. The maximum absolute atomic E-state index is 11.7. The van der Waals surface area contributed by atoms with Gasteiger partial charge in [0.2, 0.25) is 0 Å². The molecule has 15 heavy (non-hydrogen) atoms. The third-order valence-corrected chi connectivity index (χ3v) is 2.21. The molecule has 0 aliphatic heterocycles. The van der Waals surface area contributed by atoms with Gasteiger partial charge < -0.3 is 0 Å². The Balaban J connectivity index is 2.64. The van der Waals surface area contributed by atoms with Crippen LogP contribution in [0.1, 0.15) is 38.4 Å². The fourth-order valence-electron chi connectivity index (χ4n) is 1.54. The lowest BCUT2D eigenvalue weighted by Crippen LogP contribution is -2.15. The first-order valence-electron chi connectivity index (χ1n) is 5.31. The molecule has 0 aliphatic carbocycles. The summed E-state index contributed by atoms with van der Waals surface area (Å²) in [5.74, 6) is 0.268. The molecule has 0 saturated heterocycles. The fraction of sp³-hybridized carbons (Fsp3) is 0.538. The number of carbonyl (C=O) groups is 1. The number of aromatic nitrogens is 1. The van der Waals surface area contributed by atoms with E-state index in [-0.39, 0.29) is 11.2 Å². The van der Waals surface area contributed by atoms with E-state index in [0.29, 0.717) is 12.8 Å². The number of aryl methyl sites for hydroxylation is 1. The molecule has 1 heterocycles. The summed E-state index contributed by atoms with van der Waals surface area (Å²) in [4.78, 5) is 16.0. The molecule has 2 nitrogen and oxygen atoms in total. The van der Waals surface area contributed by atoms with E-state index in [9.17, 15) is 4.79 Å². The topological polar surface area (TPSA) is 30.0 Å². The van der Waals surface area contributed by atoms with E-state index in [1.807, 2.05) is 19.1 Å². The number of nitrogens with zero attached hydrogens (tertiary/aromatic N) is 1. The third-order valence-electron chi connectivity index (χ3n) is 2.21. The van der Waals surface area contributed by atoms with Crippen molar-refractivity contribution in [2.45, 2.75) is 40.5 Å². The zero-order valence-electron chi connectivity index (χ0n) is 10.0. The highest BCUT2D eigenvalue weighted by atomic mass is 16.1. The Morgan fingerprint density at radius 1 is 1.40 bits per heavy atom. The minimum atomic E-state index is 0.0692. The lowest BCUT2D eigenvalue weighted by atomic mass is 9.88. The molecule has 0 aliphatic rings. The molecular weight excluding hydrogens is 186 g/mol. The van der Waals surface area contributed by atoms with Gasteiger partial charge in [-0.25, -0.2) is 0 Å². The molecular formula is C13H19NO. The Hall–Kier alpha value is -1.18. The van der Waals surface area contributed by atoms with Gasteiger partial charge in [-0.2, -0.15) is 0 Å². The first-order chi connectivity index (χ1) is 6.88. The van der Waals surface area contributed by atoms with Gasteiger partial charge in [-0.05, 0) is 24.0 Å². The van der Waals surface area contributed by atoms with E-state index >= 15 is 0 Å². The van der Waals surface area contributed by atoms with Crippen LogP contribution in [0.5, 0.6) is 0 Å². The molecule has 1 aromatic heterocycles. The van der Waals surface area contributed by atoms with Gasteiger partial charge in [-0.3, -0.25) is 9.78 Å². The van der Waals surface area contributed by atoms with Crippen LogP contribution in [0.2, 0.25) is 0 Å². The van der Waals surface area contributed by atoms with E-state index in [1.54, 1.807) is 6.20 Å². The molecule has 0 unspecified atom stereocenters. The van der Waals surface area contributed by atoms with E-state index in [2.05, 4.69) is 25.8 Å². The van der Waals surface area contributed by atoms with Crippen LogP contribution in [-0.4, -0.2) is 10.8 Å². The Kier molecular flexibility index (Phi) is 3.61. The quantitative estimate of drug-likeness (QED) is 0.759. The molecule has 0 spiro atoms. The number of hydrogen-bond donors (Lipinski definition) is 0. The number of Topliss-reactive ketones (excluding diaryl/α,β-unsaturated/α-hetero) is 1. The normalized spacial score (nSPS) is 11.5. The lowest BCUT2D eigenvalue weighted by molar-refractivity contribution is -0.120. The summed E-state index contributed by atoms with van der Waals surface area (Å²) in [6, 6.07) is 3.89. The first-order valence-corrected chi connectivity index (χ1v) is 5.31. The van der Waals surface area contributed by atoms with Gasteiger partial charge in [0.15, 0.2) is 0 Å². The van der Waals surface area contributed by atoms with Gasteiger partial charge in [0.1, 0.15) is 5.78 Å². The minimum Gasteiger partial charge on any atom is -0.299 e. The highest BCUT2D eigenvalue weighted by molar-refractivity contribution is 5.81. The smallest absolute Gasteiger partial charge is 0.139 e. The highest BCUT2D eigenvalue weighted by Gasteiger charge is 2.16. The van der Waals surface area contributed by atoms with Crippen LogP contribution in [0.3, 0.4) is 0 Å². The van der Waals surface area contributed by atoms with E-state index < -0.39 is 0 Å². The summed E-state index contributed by atoms with van der Waals surface area (Å²) in [6.45, 7) is 8.23. The fourth-order valence-corrected chi connectivity index (χ4v) is 1.54. The van der Waals surface area contributed by atoms with Crippen molar-refractivity contribution in [3.8, 4) is 0 Å². The van der Waals surface area contributed by atoms with Crippen molar-refractivity contribution >= 4 is 5.78 Å². The number of rotatable bonds is 3. The molecule has 0 saturated carbocycles. The van der Waals surface area contributed by atoms with Crippen molar-refractivity contribution in [2.75, 3.05) is 0 Å². The van der Waals surface area contributed by atoms with Crippen LogP contribution in [-0.2, 0) is 11.2 Å². The Morgan fingerprint density at radius 2 is 2.07 bits per heavy atom. The predicted octanol–water partition coefficient (Wildman–Crippen LogP) is 2.94. The second-order valence-corrected chi connectivity index (χ2v) is 5.22. The first kappa shape index (κ1) is 11.9. The Bertz CT molecular complexity index is 350. The molecule has 2 heteroatoms. The molecule has 0 atom stereocenters. The molecule has 82 valence electrons. The van der Waals surface area contributed by atoms with Crippen molar-refractivity contribution < 1.29 is 4.79 Å². The highest BCUT2D eigenvalue weighted by Crippen LogP contribution is 2.20. The second-order valence-electron chi connectivity index (χ2n) is 5.22. The molecule has 0 amide bonds. The molecule has 0 radical (unpaired) electrons. The summed E-state index contributed by atoms with van der Waals surface area (Å²) in [5.41, 5.74) is 2.08. The zero-order valence-corrected chi connectivity index (χ0v) is 10.0. The monoisotopic (exact) mass is 205 g/mol. The second kappa shape index (κ2) is 4.56. The van der Waals surface area contributed by atoms with Gasteiger partial charge in [-0.1, -0.05) is 26.8 Å². The van der Waals surface area contributed by atoms with Crippen molar-refractivity contribution in [2.24, 2.45) is 5.41 Å². The average molecular weight is 205 g/mol. The van der Waals surface area contributed by atoms with Gasteiger partial charge in [0.25, 0.3) is 0 Å². The standard InChI is InChI=1S/C13H19NO/c1-10-6-5-7-14-12(10)8-11(15)9-13(2,3)4/h5-7H,8-9H2,1-4H3. The van der Waals surface area contributed by atoms with Gasteiger partial charge in [0, 0.05) is 19.0 Å². The van der Waals surface area contributed by atoms with Crippen molar-refractivity contribution in [1.82, 2.24) is 4.98 Å². The maximum Gasteiger partial charge on any atom is 0.139 e. The van der Waals surface area contributed by atoms with E-state index in [1.165, 1.54) is 0 Å². The van der Waals surface area contributed by atoms with E-state index in [4.69, 9.17) is 0 Å². The van der Waals surface area contributed by atoms with Crippen molar-refractivity contribution in [3.63, 3.8) is 0 Å². The summed E-state index contributed by atoms with van der Waals surface area (Å²) >= 11 is 0. The van der Waals surface area contributed by atoms with Crippen LogP contribution in [0.4, 0.5) is 0 Å². The molecule has 1 rings (SSSR count). The molecule has 1 aromatic rings. The SMILES string of the molecule is Cc1cccnc1CC(=O)CC(C)(C)C. The molecule has 0 N–H and O–H groups in total. The van der Waals surface area contributed by atoms with Crippen LogP contribution < -0.4 is 0 Å². The number of pyridine rings is 1. The molecule has 0 bridgehead atoms. The molecule has 0 aromatic carbocycles. The lowest BCUT2D eigenvalue weighted by Gasteiger charge is -2.16. The Morgan fingerprint density at radius 3 is 2.60 bits per heavy atom. The van der Waals surface area contributed by atoms with Crippen LogP contribution >= 0.6 is 0 Å². The number of carbonyl (C=O) groups excluding carboxylic acids is 1. The van der Waals surface area contributed by atoms with Crippen molar-refractivity contribution in [3.05, 3.63) is 29.6 Å². The largest absolute Gasteiger partial charge is 0.299 e. The van der Waals surface area contributed by atoms with Crippen LogP contribution in [0.15, 0.2) is 18.3 Å². The van der Waals surface area contributed by atoms with Gasteiger partial charge >= 0.3 is 0 Å². The summed E-state index contributed by atoms with van der Waals surface area (Å²) in [5, 5.41) is 0. The molecule has 0 fully saturated rings. The zero-order chi connectivity index (χ0) is 11.5. The Labute approximate surface area is 91.7 Å². The average Bonchev–Trinajstić information content (AvgIpc) is 2.05. The number of ketones is 1. The van der Waals surface area contributed by atoms with Crippen molar-refractivity contribution in [1.29, 1.82) is 0 Å². The van der Waals surface area contributed by atoms with Crippen LogP contribution in [0.25, 0.3) is 0 Å². The maximum atomic E-state index is 11.7. The van der Waals surface area contributed by atoms with Gasteiger partial charge in [-0.15, -0.1) is 0 Å². The predicted molar refractivity (Wildman–Crippen MR) is 61.8 cm³/mol.